The van der Waals surface area contributed by atoms with Crippen LogP contribution in [0.2, 0.25) is 0 Å². The predicted octanol–water partition coefficient (Wildman–Crippen LogP) is 2.18. The van der Waals surface area contributed by atoms with Crippen molar-refractivity contribution in [1.29, 1.82) is 0 Å². The summed E-state index contributed by atoms with van der Waals surface area (Å²) in [5.74, 6) is -1.31. The van der Waals surface area contributed by atoms with E-state index in [1.54, 1.807) is 6.92 Å². The van der Waals surface area contributed by atoms with Gasteiger partial charge < -0.3 is 9.84 Å². The lowest BCUT2D eigenvalue weighted by molar-refractivity contribution is -0.153. The zero-order valence-electron chi connectivity index (χ0n) is 8.04. The van der Waals surface area contributed by atoms with Crippen molar-refractivity contribution in [1.82, 2.24) is 0 Å². The second-order valence-corrected chi connectivity index (χ2v) is 3.68. The Morgan fingerprint density at radius 2 is 2.33 bits per heavy atom. The number of halogens is 2. The number of benzene rings is 1. The lowest BCUT2D eigenvalue weighted by Gasteiger charge is -2.10. The maximum absolute atomic E-state index is 13.1. The molecule has 1 aromatic carbocycles. The fourth-order valence-corrected chi connectivity index (χ4v) is 1.29. The lowest BCUT2D eigenvalue weighted by Crippen LogP contribution is -2.15. The van der Waals surface area contributed by atoms with Crippen LogP contribution in [0.4, 0.5) is 4.39 Å². The van der Waals surface area contributed by atoms with E-state index < -0.39 is 17.9 Å². The number of carbonyl (C=O) groups is 1. The molecule has 0 fully saturated rings. The van der Waals surface area contributed by atoms with Gasteiger partial charge in [0, 0.05) is 0 Å². The normalized spacial score (nSPS) is 12.3. The molecule has 0 aromatic heterocycles. The van der Waals surface area contributed by atoms with Crippen molar-refractivity contribution in [2.45, 2.75) is 13.0 Å². The van der Waals surface area contributed by atoms with E-state index in [4.69, 9.17) is 0 Å². The summed E-state index contributed by atoms with van der Waals surface area (Å²) < 4.78 is 18.0. The van der Waals surface area contributed by atoms with Crippen molar-refractivity contribution in [3.05, 3.63) is 34.1 Å². The summed E-state index contributed by atoms with van der Waals surface area (Å²) >= 11 is 2.97. The second kappa shape index (κ2) is 5.23. The first-order valence-electron chi connectivity index (χ1n) is 4.36. The van der Waals surface area contributed by atoms with Gasteiger partial charge in [-0.2, -0.15) is 0 Å². The number of carbonyl (C=O) groups excluding carboxylic acids is 1. The van der Waals surface area contributed by atoms with Gasteiger partial charge in [-0.1, -0.05) is 6.07 Å². The molecule has 5 heteroatoms. The minimum Gasteiger partial charge on any atom is -0.464 e. The highest BCUT2D eigenvalue weighted by atomic mass is 79.9. The van der Waals surface area contributed by atoms with E-state index in [1.165, 1.54) is 12.1 Å². The summed E-state index contributed by atoms with van der Waals surface area (Å²) in [6.45, 7) is 1.81. The summed E-state index contributed by atoms with van der Waals surface area (Å²) in [7, 11) is 0. The molecule has 15 heavy (non-hydrogen) atoms. The standard InChI is InChI=1S/C10H10BrFO3/c1-2-15-10(14)9(13)6-3-4-7(11)8(12)5-6/h3-5,9,13H,2H2,1H3. The van der Waals surface area contributed by atoms with Crippen molar-refractivity contribution >= 4 is 21.9 Å². The average Bonchev–Trinajstić information content (AvgIpc) is 2.21. The summed E-state index contributed by atoms with van der Waals surface area (Å²) in [6.07, 6.45) is -1.44. The van der Waals surface area contributed by atoms with Crippen LogP contribution in [-0.2, 0) is 9.53 Å². The number of aliphatic hydroxyl groups excluding tert-OH is 1. The first-order chi connectivity index (χ1) is 7.06. The zero-order valence-corrected chi connectivity index (χ0v) is 9.62. The number of esters is 1. The summed E-state index contributed by atoms with van der Waals surface area (Å²) in [5, 5.41) is 9.48. The number of hydrogen-bond acceptors (Lipinski definition) is 3. The van der Waals surface area contributed by atoms with Crippen molar-refractivity contribution in [2.75, 3.05) is 6.61 Å². The van der Waals surface area contributed by atoms with Crippen LogP contribution in [-0.4, -0.2) is 17.7 Å². The van der Waals surface area contributed by atoms with Crippen LogP contribution in [0.3, 0.4) is 0 Å². The van der Waals surface area contributed by atoms with Gasteiger partial charge in [-0.05, 0) is 40.5 Å². The van der Waals surface area contributed by atoms with Crippen LogP contribution in [0, 0.1) is 5.82 Å². The Labute approximate surface area is 95.0 Å². The third-order valence-corrected chi connectivity index (χ3v) is 2.41. The topological polar surface area (TPSA) is 46.5 Å². The largest absolute Gasteiger partial charge is 0.464 e. The molecule has 0 spiro atoms. The molecule has 0 heterocycles. The van der Waals surface area contributed by atoms with Crippen LogP contribution < -0.4 is 0 Å². The zero-order chi connectivity index (χ0) is 11.4. The van der Waals surface area contributed by atoms with Gasteiger partial charge in [-0.15, -0.1) is 0 Å². The molecule has 0 saturated heterocycles. The molecule has 0 bridgehead atoms. The van der Waals surface area contributed by atoms with Crippen molar-refractivity contribution in [2.24, 2.45) is 0 Å². The highest BCUT2D eigenvalue weighted by Crippen LogP contribution is 2.21. The van der Waals surface area contributed by atoms with E-state index in [-0.39, 0.29) is 16.6 Å². The second-order valence-electron chi connectivity index (χ2n) is 2.83. The minimum atomic E-state index is -1.44. The van der Waals surface area contributed by atoms with Gasteiger partial charge in [0.2, 0.25) is 0 Å². The van der Waals surface area contributed by atoms with E-state index in [0.717, 1.165) is 6.07 Å². The molecule has 1 rings (SSSR count). The van der Waals surface area contributed by atoms with Crippen LogP contribution >= 0.6 is 15.9 Å². The molecule has 1 unspecified atom stereocenters. The Kier molecular flexibility index (Phi) is 4.23. The molecule has 0 aliphatic heterocycles. The lowest BCUT2D eigenvalue weighted by atomic mass is 10.1. The van der Waals surface area contributed by atoms with Gasteiger partial charge >= 0.3 is 5.97 Å². The first kappa shape index (κ1) is 12.1. The first-order valence-corrected chi connectivity index (χ1v) is 5.15. The minimum absolute atomic E-state index is 0.175. The third-order valence-electron chi connectivity index (χ3n) is 1.77. The number of rotatable bonds is 3. The van der Waals surface area contributed by atoms with Crippen LogP contribution in [0.5, 0.6) is 0 Å². The Morgan fingerprint density at radius 1 is 1.67 bits per heavy atom. The molecule has 1 atom stereocenters. The highest BCUT2D eigenvalue weighted by molar-refractivity contribution is 9.10. The number of hydrogen-bond donors (Lipinski definition) is 1. The van der Waals surface area contributed by atoms with Gasteiger partial charge in [-0.3, -0.25) is 0 Å². The Bertz CT molecular complexity index is 368. The number of aliphatic hydroxyl groups is 1. The molecule has 82 valence electrons. The van der Waals surface area contributed by atoms with Crippen LogP contribution in [0.1, 0.15) is 18.6 Å². The molecular formula is C10H10BrFO3. The van der Waals surface area contributed by atoms with E-state index in [9.17, 15) is 14.3 Å². The van der Waals surface area contributed by atoms with Gasteiger partial charge in [-0.25, -0.2) is 9.18 Å². The fourth-order valence-electron chi connectivity index (χ4n) is 1.04. The number of ether oxygens (including phenoxy) is 1. The van der Waals surface area contributed by atoms with Crippen LogP contribution in [0.25, 0.3) is 0 Å². The Hall–Kier alpha value is -0.940. The fraction of sp³-hybridized carbons (Fsp3) is 0.300. The maximum Gasteiger partial charge on any atom is 0.339 e. The average molecular weight is 277 g/mol. The molecule has 1 N–H and O–H groups in total. The van der Waals surface area contributed by atoms with Crippen molar-refractivity contribution < 1.29 is 19.0 Å². The monoisotopic (exact) mass is 276 g/mol. The summed E-state index contributed by atoms with van der Waals surface area (Å²) in [5.41, 5.74) is 0.175. The van der Waals surface area contributed by atoms with E-state index in [2.05, 4.69) is 20.7 Å². The summed E-state index contributed by atoms with van der Waals surface area (Å²) in [4.78, 5) is 11.1. The molecule has 0 amide bonds. The highest BCUT2D eigenvalue weighted by Gasteiger charge is 2.19. The molecular weight excluding hydrogens is 267 g/mol. The predicted molar refractivity (Wildman–Crippen MR) is 55.7 cm³/mol. The van der Waals surface area contributed by atoms with Gasteiger partial charge in [0.05, 0.1) is 11.1 Å². The van der Waals surface area contributed by atoms with E-state index in [0.29, 0.717) is 0 Å². The van der Waals surface area contributed by atoms with Gasteiger partial charge in [0.25, 0.3) is 0 Å². The van der Waals surface area contributed by atoms with E-state index in [1.807, 2.05) is 0 Å². The van der Waals surface area contributed by atoms with Crippen molar-refractivity contribution in [3.63, 3.8) is 0 Å². The molecule has 1 aromatic rings. The molecule has 0 aliphatic carbocycles. The molecule has 3 nitrogen and oxygen atoms in total. The van der Waals surface area contributed by atoms with Crippen molar-refractivity contribution in [3.8, 4) is 0 Å². The van der Waals surface area contributed by atoms with Gasteiger partial charge in [0.15, 0.2) is 6.10 Å². The van der Waals surface area contributed by atoms with Gasteiger partial charge in [0.1, 0.15) is 5.82 Å². The van der Waals surface area contributed by atoms with Crippen LogP contribution in [0.15, 0.2) is 22.7 Å². The Morgan fingerprint density at radius 3 is 2.87 bits per heavy atom. The quantitative estimate of drug-likeness (QED) is 0.861. The van der Waals surface area contributed by atoms with E-state index >= 15 is 0 Å². The third kappa shape index (κ3) is 3.00. The maximum atomic E-state index is 13.1. The summed E-state index contributed by atoms with van der Waals surface area (Å²) in [6, 6.07) is 3.97. The Balaban J connectivity index is 2.86. The molecule has 0 aliphatic rings. The smallest absolute Gasteiger partial charge is 0.339 e. The molecule has 0 saturated carbocycles. The molecule has 0 radical (unpaired) electrons. The SMILES string of the molecule is CCOC(=O)C(O)c1ccc(Br)c(F)c1.